The topological polar surface area (TPSA) is 23.8 Å². The number of rotatable bonds is 2. The molecule has 1 saturated carbocycles. The number of halogens is 1. The van der Waals surface area contributed by atoms with Gasteiger partial charge in [0.2, 0.25) is 0 Å². The van der Waals surface area contributed by atoms with E-state index in [-0.39, 0.29) is 11.2 Å². The van der Waals surface area contributed by atoms with Crippen molar-refractivity contribution in [2.45, 2.75) is 38.5 Å². The molecule has 0 heterocycles. The maximum atomic E-state index is 13.1. The van der Waals surface area contributed by atoms with Gasteiger partial charge < -0.3 is 0 Å². The van der Waals surface area contributed by atoms with Gasteiger partial charge in [0.05, 0.1) is 11.5 Å². The average molecular weight is 217 g/mol. The summed E-state index contributed by atoms with van der Waals surface area (Å²) >= 11 is 0. The molecule has 1 aliphatic rings. The summed E-state index contributed by atoms with van der Waals surface area (Å²) in [6.07, 6.45) is 6.10. The average Bonchev–Trinajstić information content (AvgIpc) is 2.30. The Labute approximate surface area is 95.9 Å². The second kappa shape index (κ2) is 4.65. The van der Waals surface area contributed by atoms with Gasteiger partial charge in [0.1, 0.15) is 5.82 Å². The van der Waals surface area contributed by atoms with Crippen molar-refractivity contribution in [3.05, 3.63) is 35.6 Å². The van der Waals surface area contributed by atoms with E-state index in [1.807, 2.05) is 6.07 Å². The Balaban J connectivity index is 2.15. The normalized spacial score (nSPS) is 19.0. The lowest BCUT2D eigenvalue weighted by molar-refractivity contribution is 0.265. The first-order valence-electron chi connectivity index (χ1n) is 5.90. The quantitative estimate of drug-likeness (QED) is 0.738. The molecule has 0 amide bonds. The summed E-state index contributed by atoms with van der Waals surface area (Å²) in [6.45, 7) is 0. The van der Waals surface area contributed by atoms with E-state index in [4.69, 9.17) is 0 Å². The predicted octanol–water partition coefficient (Wildman–Crippen LogP) is 3.84. The third-order valence-corrected chi connectivity index (χ3v) is 3.48. The Hall–Kier alpha value is -1.36. The van der Waals surface area contributed by atoms with E-state index >= 15 is 0 Å². The van der Waals surface area contributed by atoms with Crippen molar-refractivity contribution in [1.82, 2.24) is 0 Å². The second-order valence-electron chi connectivity index (χ2n) is 4.76. The molecule has 84 valence electrons. The zero-order valence-electron chi connectivity index (χ0n) is 9.38. The molecule has 0 aliphatic heterocycles. The Bertz CT molecular complexity index is 399. The van der Waals surface area contributed by atoms with Crippen LogP contribution in [0.15, 0.2) is 24.3 Å². The van der Waals surface area contributed by atoms with Gasteiger partial charge in [-0.1, -0.05) is 31.4 Å². The smallest absolute Gasteiger partial charge is 0.123 e. The summed E-state index contributed by atoms with van der Waals surface area (Å²) in [4.78, 5) is 0. The van der Waals surface area contributed by atoms with Gasteiger partial charge in [-0.25, -0.2) is 4.39 Å². The first-order valence-corrected chi connectivity index (χ1v) is 5.90. The van der Waals surface area contributed by atoms with Crippen LogP contribution >= 0.6 is 0 Å². The first kappa shape index (κ1) is 11.1. The number of benzene rings is 1. The van der Waals surface area contributed by atoms with E-state index in [1.165, 1.54) is 12.5 Å². The van der Waals surface area contributed by atoms with Crippen LogP contribution in [0.2, 0.25) is 0 Å². The van der Waals surface area contributed by atoms with Crippen LogP contribution in [0, 0.1) is 22.6 Å². The van der Waals surface area contributed by atoms with Gasteiger partial charge in [-0.05, 0) is 37.0 Å². The van der Waals surface area contributed by atoms with Gasteiger partial charge in [0.15, 0.2) is 0 Å². The van der Waals surface area contributed by atoms with Crippen LogP contribution < -0.4 is 0 Å². The third-order valence-electron chi connectivity index (χ3n) is 3.48. The number of nitriles is 1. The molecule has 16 heavy (non-hydrogen) atoms. The second-order valence-corrected chi connectivity index (χ2v) is 4.76. The Kier molecular flexibility index (Phi) is 3.24. The van der Waals surface area contributed by atoms with Gasteiger partial charge in [-0.15, -0.1) is 0 Å². The molecular formula is C14H16FN. The molecule has 0 aromatic heterocycles. The van der Waals surface area contributed by atoms with E-state index in [1.54, 1.807) is 12.1 Å². The van der Waals surface area contributed by atoms with Crippen LogP contribution in [0.1, 0.15) is 37.7 Å². The molecule has 1 fully saturated rings. The highest BCUT2D eigenvalue weighted by molar-refractivity contribution is 5.20. The molecule has 1 aromatic carbocycles. The van der Waals surface area contributed by atoms with Crippen molar-refractivity contribution in [3.63, 3.8) is 0 Å². The van der Waals surface area contributed by atoms with E-state index in [0.29, 0.717) is 6.42 Å². The molecule has 0 unspecified atom stereocenters. The van der Waals surface area contributed by atoms with E-state index in [9.17, 15) is 9.65 Å². The highest BCUT2D eigenvalue weighted by Gasteiger charge is 2.32. The molecule has 2 heteroatoms. The Morgan fingerprint density at radius 1 is 1.25 bits per heavy atom. The standard InChI is InChI=1S/C14H16FN/c15-13-6-4-5-12(9-13)10-14(11-16)7-2-1-3-8-14/h4-6,9H,1-3,7-8,10H2. The van der Waals surface area contributed by atoms with Crippen molar-refractivity contribution in [2.24, 2.45) is 5.41 Å². The van der Waals surface area contributed by atoms with Gasteiger partial charge >= 0.3 is 0 Å². The van der Waals surface area contributed by atoms with Gasteiger partial charge in [0, 0.05) is 0 Å². The van der Waals surface area contributed by atoms with Crippen LogP contribution in [-0.4, -0.2) is 0 Å². The predicted molar refractivity (Wildman–Crippen MR) is 61.2 cm³/mol. The summed E-state index contributed by atoms with van der Waals surface area (Å²) < 4.78 is 13.1. The number of hydrogen-bond acceptors (Lipinski definition) is 1. The van der Waals surface area contributed by atoms with Crippen molar-refractivity contribution in [2.75, 3.05) is 0 Å². The molecule has 0 atom stereocenters. The van der Waals surface area contributed by atoms with Crippen molar-refractivity contribution in [1.29, 1.82) is 5.26 Å². The maximum Gasteiger partial charge on any atom is 0.123 e. The molecule has 0 bridgehead atoms. The number of nitrogens with zero attached hydrogens (tertiary/aromatic N) is 1. The van der Waals surface area contributed by atoms with Gasteiger partial charge in [-0.2, -0.15) is 5.26 Å². The van der Waals surface area contributed by atoms with Crippen LogP contribution in [0.4, 0.5) is 4.39 Å². The third kappa shape index (κ3) is 2.41. The van der Waals surface area contributed by atoms with Crippen LogP contribution in [0.5, 0.6) is 0 Å². The SMILES string of the molecule is N#CC1(Cc2cccc(F)c2)CCCCC1. The molecule has 0 radical (unpaired) electrons. The summed E-state index contributed by atoms with van der Waals surface area (Å²) in [6, 6.07) is 9.09. The molecule has 1 aliphatic carbocycles. The lowest BCUT2D eigenvalue weighted by Crippen LogP contribution is -2.24. The first-order chi connectivity index (χ1) is 7.74. The van der Waals surface area contributed by atoms with Gasteiger partial charge in [-0.3, -0.25) is 0 Å². The zero-order valence-corrected chi connectivity index (χ0v) is 9.38. The minimum absolute atomic E-state index is 0.207. The summed E-state index contributed by atoms with van der Waals surface area (Å²) in [7, 11) is 0. The molecule has 1 nitrogen and oxygen atoms in total. The van der Waals surface area contributed by atoms with E-state index in [2.05, 4.69) is 6.07 Å². The fraction of sp³-hybridized carbons (Fsp3) is 0.500. The Morgan fingerprint density at radius 2 is 2.00 bits per heavy atom. The largest absolute Gasteiger partial charge is 0.207 e. The molecule has 1 aromatic rings. The van der Waals surface area contributed by atoms with Crippen LogP contribution in [-0.2, 0) is 6.42 Å². The van der Waals surface area contributed by atoms with Crippen molar-refractivity contribution >= 4 is 0 Å². The number of hydrogen-bond donors (Lipinski definition) is 0. The molecular weight excluding hydrogens is 201 g/mol. The summed E-state index contributed by atoms with van der Waals surface area (Å²) in [5.74, 6) is -0.207. The fourth-order valence-corrected chi connectivity index (χ4v) is 2.59. The zero-order chi connectivity index (χ0) is 11.4. The monoisotopic (exact) mass is 217 g/mol. The molecule has 0 N–H and O–H groups in total. The van der Waals surface area contributed by atoms with E-state index in [0.717, 1.165) is 31.2 Å². The van der Waals surface area contributed by atoms with Gasteiger partial charge in [0.25, 0.3) is 0 Å². The molecule has 0 spiro atoms. The lowest BCUT2D eigenvalue weighted by atomic mass is 9.71. The maximum absolute atomic E-state index is 13.1. The van der Waals surface area contributed by atoms with Crippen LogP contribution in [0.25, 0.3) is 0 Å². The van der Waals surface area contributed by atoms with E-state index < -0.39 is 0 Å². The fourth-order valence-electron chi connectivity index (χ4n) is 2.59. The lowest BCUT2D eigenvalue weighted by Gasteiger charge is -2.30. The van der Waals surface area contributed by atoms with Crippen molar-refractivity contribution in [3.8, 4) is 6.07 Å². The highest BCUT2D eigenvalue weighted by Crippen LogP contribution is 2.38. The van der Waals surface area contributed by atoms with Crippen LogP contribution in [0.3, 0.4) is 0 Å². The molecule has 2 rings (SSSR count). The van der Waals surface area contributed by atoms with Crippen molar-refractivity contribution < 1.29 is 4.39 Å². The highest BCUT2D eigenvalue weighted by atomic mass is 19.1. The summed E-state index contributed by atoms with van der Waals surface area (Å²) in [5, 5.41) is 9.33. The Morgan fingerprint density at radius 3 is 2.62 bits per heavy atom. The summed E-state index contributed by atoms with van der Waals surface area (Å²) in [5.41, 5.74) is 0.704. The minimum Gasteiger partial charge on any atom is -0.207 e. The molecule has 0 saturated heterocycles. The minimum atomic E-state index is -0.244.